The highest BCUT2D eigenvalue weighted by molar-refractivity contribution is 5.65. The molecule has 0 saturated carbocycles. The van der Waals surface area contributed by atoms with Crippen LogP contribution in [0, 0.1) is 13.8 Å². The molecule has 17 heavy (non-hydrogen) atoms. The van der Waals surface area contributed by atoms with E-state index in [9.17, 15) is 0 Å². The van der Waals surface area contributed by atoms with Crippen LogP contribution in [0.4, 0.5) is 0 Å². The van der Waals surface area contributed by atoms with Crippen LogP contribution in [-0.4, -0.2) is 0 Å². The molecule has 0 fully saturated rings. The highest BCUT2D eigenvalue weighted by Gasteiger charge is 2.01. The molecule has 0 N–H and O–H groups in total. The third kappa shape index (κ3) is 2.76. The molecule has 2 rings (SSSR count). The zero-order chi connectivity index (χ0) is 12.3. The first-order valence-electron chi connectivity index (χ1n) is 6.37. The minimum Gasteiger partial charge on any atom is -0.0651 e. The summed E-state index contributed by atoms with van der Waals surface area (Å²) in [7, 11) is 0. The summed E-state index contributed by atoms with van der Waals surface area (Å²) in [5, 5.41) is 0. The Bertz CT molecular complexity index is 509. The lowest BCUT2D eigenvalue weighted by Gasteiger charge is -2.08. The van der Waals surface area contributed by atoms with Crippen molar-refractivity contribution in [1.29, 1.82) is 0 Å². The Labute approximate surface area is 104 Å². The Hall–Kier alpha value is -1.56. The topological polar surface area (TPSA) is 0 Å². The third-order valence-corrected chi connectivity index (χ3v) is 3.21. The van der Waals surface area contributed by atoms with Crippen molar-refractivity contribution in [2.75, 3.05) is 0 Å². The van der Waals surface area contributed by atoms with Gasteiger partial charge in [-0.25, -0.2) is 0 Å². The standard InChI is InChI=1S/C17H20/c1-4-6-15-9-10-17(12-14(15)3)16-8-5-7-13(2)11-16/h5,7-12H,4,6H2,1-3H3. The van der Waals surface area contributed by atoms with Crippen LogP contribution in [-0.2, 0) is 6.42 Å². The first-order chi connectivity index (χ1) is 8.20. The summed E-state index contributed by atoms with van der Waals surface area (Å²) in [6.07, 6.45) is 2.39. The van der Waals surface area contributed by atoms with E-state index in [0.717, 1.165) is 0 Å². The molecule has 2 aromatic rings. The molecular formula is C17H20. The van der Waals surface area contributed by atoms with E-state index in [2.05, 4.69) is 63.2 Å². The average Bonchev–Trinajstić information content (AvgIpc) is 2.32. The van der Waals surface area contributed by atoms with Crippen LogP contribution >= 0.6 is 0 Å². The molecule has 0 aliphatic rings. The monoisotopic (exact) mass is 224 g/mol. The molecular weight excluding hydrogens is 204 g/mol. The first kappa shape index (κ1) is 11.9. The maximum Gasteiger partial charge on any atom is -0.0181 e. The maximum absolute atomic E-state index is 2.31. The van der Waals surface area contributed by atoms with Crippen molar-refractivity contribution in [3.05, 3.63) is 59.2 Å². The fourth-order valence-electron chi connectivity index (χ4n) is 2.25. The van der Waals surface area contributed by atoms with Crippen LogP contribution in [0.3, 0.4) is 0 Å². The zero-order valence-corrected chi connectivity index (χ0v) is 11.0. The minimum atomic E-state index is 1.18. The Morgan fingerprint density at radius 1 is 0.882 bits per heavy atom. The van der Waals surface area contributed by atoms with Crippen molar-refractivity contribution in [2.45, 2.75) is 33.6 Å². The fraction of sp³-hybridized carbons (Fsp3) is 0.294. The quantitative estimate of drug-likeness (QED) is 0.694. The smallest absolute Gasteiger partial charge is 0.0181 e. The Balaban J connectivity index is 2.37. The van der Waals surface area contributed by atoms with Gasteiger partial charge in [-0.05, 0) is 42.5 Å². The molecule has 0 saturated heterocycles. The summed E-state index contributed by atoms with van der Waals surface area (Å²) in [6, 6.07) is 15.5. The summed E-state index contributed by atoms with van der Waals surface area (Å²) in [4.78, 5) is 0. The van der Waals surface area contributed by atoms with Gasteiger partial charge in [0.2, 0.25) is 0 Å². The molecule has 0 amide bonds. The van der Waals surface area contributed by atoms with Gasteiger partial charge in [0.05, 0.1) is 0 Å². The van der Waals surface area contributed by atoms with E-state index in [4.69, 9.17) is 0 Å². The summed E-state index contributed by atoms with van der Waals surface area (Å²) < 4.78 is 0. The van der Waals surface area contributed by atoms with Gasteiger partial charge in [-0.2, -0.15) is 0 Å². The van der Waals surface area contributed by atoms with Crippen molar-refractivity contribution in [1.82, 2.24) is 0 Å². The number of hydrogen-bond donors (Lipinski definition) is 0. The van der Waals surface area contributed by atoms with Crippen molar-refractivity contribution < 1.29 is 0 Å². The Morgan fingerprint density at radius 3 is 2.29 bits per heavy atom. The number of benzene rings is 2. The molecule has 0 heteroatoms. The van der Waals surface area contributed by atoms with Crippen LogP contribution in [0.2, 0.25) is 0 Å². The molecule has 0 heterocycles. The highest BCUT2D eigenvalue weighted by atomic mass is 14.1. The predicted octanol–water partition coefficient (Wildman–Crippen LogP) is 4.92. The van der Waals surface area contributed by atoms with E-state index in [1.54, 1.807) is 0 Å². The van der Waals surface area contributed by atoms with Crippen LogP contribution in [0.25, 0.3) is 11.1 Å². The number of aryl methyl sites for hydroxylation is 3. The molecule has 0 aliphatic carbocycles. The molecule has 0 bridgehead atoms. The van der Waals surface area contributed by atoms with E-state index in [-0.39, 0.29) is 0 Å². The molecule has 0 nitrogen and oxygen atoms in total. The molecule has 0 atom stereocenters. The number of rotatable bonds is 3. The molecule has 0 spiro atoms. The Kier molecular flexibility index (Phi) is 3.63. The Morgan fingerprint density at radius 2 is 1.65 bits per heavy atom. The van der Waals surface area contributed by atoms with Crippen molar-refractivity contribution in [3.8, 4) is 11.1 Å². The summed E-state index contributed by atoms with van der Waals surface area (Å²) in [6.45, 7) is 6.58. The molecule has 0 aliphatic heterocycles. The average molecular weight is 224 g/mol. The van der Waals surface area contributed by atoms with Gasteiger partial charge in [-0.1, -0.05) is 61.4 Å². The molecule has 2 aromatic carbocycles. The summed E-state index contributed by atoms with van der Waals surface area (Å²) >= 11 is 0. The van der Waals surface area contributed by atoms with E-state index in [1.165, 1.54) is 40.7 Å². The van der Waals surface area contributed by atoms with E-state index >= 15 is 0 Å². The van der Waals surface area contributed by atoms with Crippen LogP contribution in [0.15, 0.2) is 42.5 Å². The molecule has 88 valence electrons. The normalized spacial score (nSPS) is 10.5. The van der Waals surface area contributed by atoms with Crippen molar-refractivity contribution in [3.63, 3.8) is 0 Å². The van der Waals surface area contributed by atoms with Gasteiger partial charge in [-0.15, -0.1) is 0 Å². The van der Waals surface area contributed by atoms with Gasteiger partial charge in [0.1, 0.15) is 0 Å². The largest absolute Gasteiger partial charge is 0.0651 e. The first-order valence-corrected chi connectivity index (χ1v) is 6.37. The summed E-state index contributed by atoms with van der Waals surface area (Å²) in [5.74, 6) is 0. The van der Waals surface area contributed by atoms with Gasteiger partial charge in [-0.3, -0.25) is 0 Å². The minimum absolute atomic E-state index is 1.18. The van der Waals surface area contributed by atoms with Gasteiger partial charge >= 0.3 is 0 Å². The van der Waals surface area contributed by atoms with E-state index in [0.29, 0.717) is 0 Å². The van der Waals surface area contributed by atoms with Gasteiger partial charge in [0.15, 0.2) is 0 Å². The molecule has 0 radical (unpaired) electrons. The van der Waals surface area contributed by atoms with Crippen LogP contribution < -0.4 is 0 Å². The second-order valence-electron chi connectivity index (χ2n) is 4.76. The number of hydrogen-bond acceptors (Lipinski definition) is 0. The van der Waals surface area contributed by atoms with Gasteiger partial charge in [0.25, 0.3) is 0 Å². The van der Waals surface area contributed by atoms with Crippen LogP contribution in [0.1, 0.15) is 30.0 Å². The third-order valence-electron chi connectivity index (χ3n) is 3.21. The zero-order valence-electron chi connectivity index (χ0n) is 11.0. The van der Waals surface area contributed by atoms with E-state index in [1.807, 2.05) is 0 Å². The van der Waals surface area contributed by atoms with Gasteiger partial charge < -0.3 is 0 Å². The lowest BCUT2D eigenvalue weighted by molar-refractivity contribution is 0.913. The SMILES string of the molecule is CCCc1ccc(-c2cccc(C)c2)cc1C. The van der Waals surface area contributed by atoms with Crippen LogP contribution in [0.5, 0.6) is 0 Å². The van der Waals surface area contributed by atoms with Gasteiger partial charge in [0, 0.05) is 0 Å². The van der Waals surface area contributed by atoms with E-state index < -0.39 is 0 Å². The predicted molar refractivity (Wildman–Crippen MR) is 75.3 cm³/mol. The highest BCUT2D eigenvalue weighted by Crippen LogP contribution is 2.23. The summed E-state index contributed by atoms with van der Waals surface area (Å²) in [5.41, 5.74) is 6.84. The lowest BCUT2D eigenvalue weighted by Crippen LogP contribution is -1.89. The van der Waals surface area contributed by atoms with Crippen molar-refractivity contribution >= 4 is 0 Å². The lowest BCUT2D eigenvalue weighted by atomic mass is 9.97. The second kappa shape index (κ2) is 5.18. The molecule has 0 aromatic heterocycles. The second-order valence-corrected chi connectivity index (χ2v) is 4.76. The maximum atomic E-state index is 2.31. The fourth-order valence-corrected chi connectivity index (χ4v) is 2.25. The molecule has 0 unspecified atom stereocenters. The van der Waals surface area contributed by atoms with Crippen molar-refractivity contribution in [2.24, 2.45) is 0 Å².